The summed E-state index contributed by atoms with van der Waals surface area (Å²) < 4.78 is 43.5. The van der Waals surface area contributed by atoms with Crippen LogP contribution >= 0.6 is 22.7 Å². The Bertz CT molecular complexity index is 1150. The van der Waals surface area contributed by atoms with E-state index in [0.717, 1.165) is 9.88 Å². The summed E-state index contributed by atoms with van der Waals surface area (Å²) in [5, 5.41) is 4.52. The molecule has 0 spiro atoms. The first-order valence-corrected chi connectivity index (χ1v) is 11.5. The number of rotatable bonds is 6. The van der Waals surface area contributed by atoms with E-state index in [-0.39, 0.29) is 23.2 Å². The fraction of sp³-hybridized carbons (Fsp3) is 0.111. The van der Waals surface area contributed by atoms with Crippen LogP contribution in [0.15, 0.2) is 57.8 Å². The SMILES string of the molecule is O=S(=O)(Cc1csc(-c2cccs2)n1)Cc1ncc(-c2ccc(F)cc2)o1. The molecule has 0 atom stereocenters. The Labute approximate surface area is 163 Å². The van der Waals surface area contributed by atoms with Gasteiger partial charge in [0, 0.05) is 10.9 Å². The van der Waals surface area contributed by atoms with Crippen molar-refractivity contribution in [1.29, 1.82) is 0 Å². The standard InChI is InChI=1S/C18H13FN2O3S3/c19-13-5-3-12(4-6-13)15-8-20-17(24-15)11-27(22,23)10-14-9-26-18(21-14)16-2-1-7-25-16/h1-9H,10-11H2. The highest BCUT2D eigenvalue weighted by molar-refractivity contribution is 7.89. The Balaban J connectivity index is 1.46. The molecule has 0 saturated heterocycles. The molecule has 0 aliphatic rings. The van der Waals surface area contributed by atoms with Crippen molar-refractivity contribution in [3.8, 4) is 21.2 Å². The monoisotopic (exact) mass is 420 g/mol. The number of hydrogen-bond donors (Lipinski definition) is 0. The third-order valence-electron chi connectivity index (χ3n) is 3.68. The summed E-state index contributed by atoms with van der Waals surface area (Å²) >= 11 is 2.98. The van der Waals surface area contributed by atoms with Crippen LogP contribution in [0.1, 0.15) is 11.6 Å². The molecule has 0 radical (unpaired) electrons. The Kier molecular flexibility index (Phi) is 4.90. The smallest absolute Gasteiger partial charge is 0.210 e. The van der Waals surface area contributed by atoms with Gasteiger partial charge in [-0.3, -0.25) is 0 Å². The molecule has 0 aliphatic carbocycles. The summed E-state index contributed by atoms with van der Waals surface area (Å²) in [6.45, 7) is 0. The zero-order chi connectivity index (χ0) is 18.9. The summed E-state index contributed by atoms with van der Waals surface area (Å²) in [6.07, 6.45) is 1.44. The second kappa shape index (κ2) is 7.34. The van der Waals surface area contributed by atoms with Crippen LogP contribution < -0.4 is 0 Å². The summed E-state index contributed by atoms with van der Waals surface area (Å²) in [7, 11) is -3.49. The van der Waals surface area contributed by atoms with Gasteiger partial charge in [-0.1, -0.05) is 6.07 Å². The molecule has 0 saturated carbocycles. The van der Waals surface area contributed by atoms with Crippen molar-refractivity contribution in [3.63, 3.8) is 0 Å². The number of thiazole rings is 1. The highest BCUT2D eigenvalue weighted by Crippen LogP contribution is 2.29. The second-order valence-corrected chi connectivity index (χ2v) is 9.65. The molecule has 138 valence electrons. The van der Waals surface area contributed by atoms with Gasteiger partial charge in [-0.15, -0.1) is 22.7 Å². The normalized spacial score (nSPS) is 11.7. The third kappa shape index (κ3) is 4.32. The molecule has 0 aliphatic heterocycles. The predicted octanol–water partition coefficient (Wildman–Crippen LogP) is 4.78. The minimum absolute atomic E-state index is 0.100. The van der Waals surface area contributed by atoms with Crippen LogP contribution in [0.2, 0.25) is 0 Å². The van der Waals surface area contributed by atoms with Gasteiger partial charge in [0.25, 0.3) is 0 Å². The van der Waals surface area contributed by atoms with Crippen molar-refractivity contribution in [2.45, 2.75) is 11.5 Å². The lowest BCUT2D eigenvalue weighted by molar-refractivity contribution is 0.519. The minimum atomic E-state index is -3.49. The minimum Gasteiger partial charge on any atom is -0.440 e. The maximum atomic E-state index is 13.0. The van der Waals surface area contributed by atoms with E-state index in [1.54, 1.807) is 28.8 Å². The number of hydrogen-bond acceptors (Lipinski definition) is 7. The fourth-order valence-corrected chi connectivity index (χ4v) is 5.43. The Hall–Kier alpha value is -2.36. The molecule has 3 aromatic heterocycles. The maximum absolute atomic E-state index is 13.0. The van der Waals surface area contributed by atoms with Crippen LogP contribution in [-0.4, -0.2) is 18.4 Å². The molecule has 4 rings (SSSR count). The van der Waals surface area contributed by atoms with Crippen LogP contribution in [0, 0.1) is 5.82 Å². The molecule has 0 unspecified atom stereocenters. The van der Waals surface area contributed by atoms with E-state index in [9.17, 15) is 12.8 Å². The van der Waals surface area contributed by atoms with Crippen molar-refractivity contribution in [1.82, 2.24) is 9.97 Å². The fourth-order valence-electron chi connectivity index (χ4n) is 2.48. The van der Waals surface area contributed by atoms with Crippen molar-refractivity contribution in [2.75, 3.05) is 0 Å². The van der Waals surface area contributed by atoms with Crippen molar-refractivity contribution < 1.29 is 17.2 Å². The lowest BCUT2D eigenvalue weighted by Gasteiger charge is -1.99. The van der Waals surface area contributed by atoms with Crippen LogP contribution in [0.5, 0.6) is 0 Å². The molecule has 5 nitrogen and oxygen atoms in total. The number of halogens is 1. The van der Waals surface area contributed by atoms with Crippen molar-refractivity contribution >= 4 is 32.5 Å². The molecule has 1 aromatic carbocycles. The first-order chi connectivity index (χ1) is 13.0. The topological polar surface area (TPSA) is 73.1 Å². The number of oxazole rings is 1. The van der Waals surface area contributed by atoms with Crippen LogP contribution in [-0.2, 0) is 21.3 Å². The number of benzene rings is 1. The first-order valence-electron chi connectivity index (χ1n) is 7.88. The van der Waals surface area contributed by atoms with E-state index in [2.05, 4.69) is 9.97 Å². The van der Waals surface area contributed by atoms with E-state index >= 15 is 0 Å². The highest BCUT2D eigenvalue weighted by atomic mass is 32.2. The lowest BCUT2D eigenvalue weighted by atomic mass is 10.2. The van der Waals surface area contributed by atoms with E-state index in [1.165, 1.54) is 29.7 Å². The third-order valence-corrected chi connectivity index (χ3v) is 7.03. The van der Waals surface area contributed by atoms with Crippen molar-refractivity contribution in [2.24, 2.45) is 0 Å². The summed E-state index contributed by atoms with van der Waals surface area (Å²) in [6, 6.07) is 9.60. The van der Waals surface area contributed by atoms with Gasteiger partial charge in [-0.25, -0.2) is 22.8 Å². The van der Waals surface area contributed by atoms with Gasteiger partial charge < -0.3 is 4.42 Å². The molecule has 0 N–H and O–H groups in total. The predicted molar refractivity (Wildman–Crippen MR) is 104 cm³/mol. The van der Waals surface area contributed by atoms with Gasteiger partial charge in [0.15, 0.2) is 15.6 Å². The van der Waals surface area contributed by atoms with Gasteiger partial charge >= 0.3 is 0 Å². The average Bonchev–Trinajstić information content (AvgIpc) is 3.35. The number of aromatic nitrogens is 2. The van der Waals surface area contributed by atoms with E-state index < -0.39 is 9.84 Å². The number of thiophene rings is 1. The van der Waals surface area contributed by atoms with Crippen LogP contribution in [0.3, 0.4) is 0 Å². The second-order valence-electron chi connectivity index (χ2n) is 5.78. The van der Waals surface area contributed by atoms with Gasteiger partial charge in [0.05, 0.1) is 22.5 Å². The van der Waals surface area contributed by atoms with Crippen LogP contribution in [0.4, 0.5) is 4.39 Å². The summed E-state index contributed by atoms with van der Waals surface area (Å²) in [5.41, 5.74) is 1.14. The number of sulfone groups is 1. The molecule has 4 aromatic rings. The molecule has 0 fully saturated rings. The Morgan fingerprint density at radius 1 is 1.07 bits per heavy atom. The van der Waals surface area contributed by atoms with Crippen LogP contribution in [0.25, 0.3) is 21.2 Å². The number of nitrogens with zero attached hydrogens (tertiary/aromatic N) is 2. The summed E-state index contributed by atoms with van der Waals surface area (Å²) in [5.74, 6) is -0.355. The van der Waals surface area contributed by atoms with E-state index in [1.807, 2.05) is 17.5 Å². The summed E-state index contributed by atoms with van der Waals surface area (Å²) in [4.78, 5) is 9.45. The Morgan fingerprint density at radius 3 is 2.63 bits per heavy atom. The maximum Gasteiger partial charge on any atom is 0.210 e. The molecule has 27 heavy (non-hydrogen) atoms. The van der Waals surface area contributed by atoms with Gasteiger partial charge in [0.1, 0.15) is 16.6 Å². The van der Waals surface area contributed by atoms with Crippen molar-refractivity contribution in [3.05, 3.63) is 70.8 Å². The largest absolute Gasteiger partial charge is 0.440 e. The van der Waals surface area contributed by atoms with Gasteiger partial charge in [-0.2, -0.15) is 0 Å². The molecule has 0 bridgehead atoms. The lowest BCUT2D eigenvalue weighted by Crippen LogP contribution is -2.08. The average molecular weight is 421 g/mol. The van der Waals surface area contributed by atoms with Gasteiger partial charge in [-0.05, 0) is 35.7 Å². The quantitative estimate of drug-likeness (QED) is 0.449. The zero-order valence-corrected chi connectivity index (χ0v) is 16.3. The highest BCUT2D eigenvalue weighted by Gasteiger charge is 2.19. The molecule has 0 amide bonds. The molecular formula is C18H13FN2O3S3. The molecular weight excluding hydrogens is 407 g/mol. The van der Waals surface area contributed by atoms with E-state index in [4.69, 9.17) is 4.42 Å². The molecule has 9 heteroatoms. The Morgan fingerprint density at radius 2 is 1.89 bits per heavy atom. The zero-order valence-electron chi connectivity index (χ0n) is 13.8. The van der Waals surface area contributed by atoms with Gasteiger partial charge in [0.2, 0.25) is 5.89 Å². The first kappa shape index (κ1) is 18.0. The molecule has 3 heterocycles. The van der Waals surface area contributed by atoms with E-state index in [0.29, 0.717) is 17.0 Å².